The molecule has 4 rings (SSSR count). The zero-order valence-electron chi connectivity index (χ0n) is 17.3. The van der Waals surface area contributed by atoms with Crippen molar-refractivity contribution < 1.29 is 13.9 Å². The Kier molecular flexibility index (Phi) is 4.74. The lowest BCUT2D eigenvalue weighted by molar-refractivity contribution is 0.0525. The summed E-state index contributed by atoms with van der Waals surface area (Å²) in [5, 5.41) is 9.20. The maximum Gasteiger partial charge on any atom is 0.341 e. The molecule has 0 aliphatic rings. The van der Waals surface area contributed by atoms with Crippen LogP contribution in [0.25, 0.3) is 28.0 Å². The zero-order chi connectivity index (χ0) is 20.7. The first kappa shape index (κ1) is 19.0. The average molecular weight is 392 g/mol. The molecule has 0 aliphatic carbocycles. The number of carbonyl (C=O) groups is 1. The molecular formula is C22H24N4O3. The number of nitrogens with zero attached hydrogens (tertiary/aromatic N) is 4. The summed E-state index contributed by atoms with van der Waals surface area (Å²) in [6.07, 6.45) is 5.18. The van der Waals surface area contributed by atoms with E-state index in [1.807, 2.05) is 40.6 Å². The van der Waals surface area contributed by atoms with Crippen LogP contribution in [0, 0.1) is 13.8 Å². The predicted octanol–water partition coefficient (Wildman–Crippen LogP) is 4.83. The Morgan fingerprint density at radius 1 is 1.28 bits per heavy atom. The number of carbonyl (C=O) groups excluding carboxylic acids is 1. The molecule has 4 aromatic rings. The standard InChI is InChI=1S/C22H24N4O3/c1-6-28-22(27)17-10-20(29-12-17)16-7-8-25-19(9-16)18(11-23-25)21-14(4)24-26(13(2)3)15(21)5/h7-13H,6H2,1-5H3. The first-order valence-corrected chi connectivity index (χ1v) is 9.70. The number of rotatable bonds is 5. The molecule has 0 aliphatic heterocycles. The largest absolute Gasteiger partial charge is 0.463 e. The quantitative estimate of drug-likeness (QED) is 0.455. The van der Waals surface area contributed by atoms with Gasteiger partial charge >= 0.3 is 5.97 Å². The smallest absolute Gasteiger partial charge is 0.341 e. The number of aryl methyl sites for hydroxylation is 1. The fourth-order valence-corrected chi connectivity index (χ4v) is 3.69. The molecule has 29 heavy (non-hydrogen) atoms. The molecule has 0 N–H and O–H groups in total. The van der Waals surface area contributed by atoms with Crippen LogP contribution in [0.2, 0.25) is 0 Å². The van der Waals surface area contributed by atoms with E-state index in [-0.39, 0.29) is 12.0 Å². The molecule has 4 heterocycles. The number of hydrogen-bond acceptors (Lipinski definition) is 5. The molecule has 7 heteroatoms. The fraction of sp³-hybridized carbons (Fsp3) is 0.318. The summed E-state index contributed by atoms with van der Waals surface area (Å²) in [5.74, 6) is 0.218. The SMILES string of the molecule is CCOC(=O)c1coc(-c2ccn3ncc(-c4c(C)nn(C(C)C)c4C)c3c2)c1. The molecule has 7 nitrogen and oxygen atoms in total. The number of aromatic nitrogens is 4. The molecule has 0 saturated heterocycles. The van der Waals surface area contributed by atoms with Crippen molar-refractivity contribution in [1.29, 1.82) is 0 Å². The highest BCUT2D eigenvalue weighted by Crippen LogP contribution is 2.33. The minimum atomic E-state index is -0.388. The lowest BCUT2D eigenvalue weighted by atomic mass is 10.0. The third-order valence-corrected chi connectivity index (χ3v) is 5.00. The van der Waals surface area contributed by atoms with Crippen molar-refractivity contribution in [1.82, 2.24) is 19.4 Å². The first-order chi connectivity index (χ1) is 13.9. The van der Waals surface area contributed by atoms with Crippen LogP contribution in [0.3, 0.4) is 0 Å². The number of esters is 1. The molecule has 0 atom stereocenters. The second-order valence-corrected chi connectivity index (χ2v) is 7.31. The van der Waals surface area contributed by atoms with Crippen LogP contribution in [0.5, 0.6) is 0 Å². The van der Waals surface area contributed by atoms with Gasteiger partial charge in [0.1, 0.15) is 12.0 Å². The van der Waals surface area contributed by atoms with Crippen molar-refractivity contribution in [2.75, 3.05) is 6.61 Å². The third-order valence-electron chi connectivity index (χ3n) is 5.00. The average Bonchev–Trinajstić information content (AvgIpc) is 3.39. The summed E-state index contributed by atoms with van der Waals surface area (Å²) in [6.45, 7) is 10.4. The zero-order valence-corrected chi connectivity index (χ0v) is 17.3. The van der Waals surface area contributed by atoms with Gasteiger partial charge in [0.15, 0.2) is 0 Å². The van der Waals surface area contributed by atoms with Crippen LogP contribution < -0.4 is 0 Å². The molecule has 0 spiro atoms. The first-order valence-electron chi connectivity index (χ1n) is 9.70. The normalized spacial score (nSPS) is 11.5. The van der Waals surface area contributed by atoms with E-state index in [0.29, 0.717) is 17.9 Å². The third kappa shape index (κ3) is 3.22. The molecule has 0 unspecified atom stereocenters. The fourth-order valence-electron chi connectivity index (χ4n) is 3.69. The van der Waals surface area contributed by atoms with E-state index in [1.165, 1.54) is 6.26 Å². The number of furan rings is 1. The van der Waals surface area contributed by atoms with E-state index >= 15 is 0 Å². The van der Waals surface area contributed by atoms with Crippen LogP contribution in [0.4, 0.5) is 0 Å². The van der Waals surface area contributed by atoms with Crippen molar-refractivity contribution in [3.05, 3.63) is 53.8 Å². The van der Waals surface area contributed by atoms with Crippen LogP contribution in [-0.4, -0.2) is 32.0 Å². The molecule has 0 amide bonds. The predicted molar refractivity (Wildman–Crippen MR) is 110 cm³/mol. The summed E-state index contributed by atoms with van der Waals surface area (Å²) >= 11 is 0. The maximum absolute atomic E-state index is 11.9. The van der Waals surface area contributed by atoms with Crippen molar-refractivity contribution in [3.8, 4) is 22.5 Å². The minimum Gasteiger partial charge on any atom is -0.463 e. The van der Waals surface area contributed by atoms with Crippen LogP contribution in [0.1, 0.15) is 48.6 Å². The van der Waals surface area contributed by atoms with Crippen molar-refractivity contribution in [3.63, 3.8) is 0 Å². The van der Waals surface area contributed by atoms with Gasteiger partial charge in [-0.1, -0.05) is 0 Å². The van der Waals surface area contributed by atoms with Gasteiger partial charge in [0.05, 0.1) is 29.6 Å². The molecule has 0 saturated carbocycles. The molecule has 0 radical (unpaired) electrons. The molecular weight excluding hydrogens is 368 g/mol. The van der Waals surface area contributed by atoms with E-state index < -0.39 is 0 Å². The van der Waals surface area contributed by atoms with E-state index in [2.05, 4.69) is 25.9 Å². The lowest BCUT2D eigenvalue weighted by Crippen LogP contribution is -2.04. The summed E-state index contributed by atoms with van der Waals surface area (Å²) in [5.41, 5.74) is 6.41. The van der Waals surface area contributed by atoms with Crippen molar-refractivity contribution in [2.45, 2.75) is 40.7 Å². The monoisotopic (exact) mass is 392 g/mol. The van der Waals surface area contributed by atoms with Gasteiger partial charge in [0.2, 0.25) is 0 Å². The van der Waals surface area contributed by atoms with Crippen LogP contribution in [0.15, 0.2) is 41.3 Å². The second-order valence-electron chi connectivity index (χ2n) is 7.31. The molecule has 0 fully saturated rings. The highest BCUT2D eigenvalue weighted by atomic mass is 16.5. The molecule has 150 valence electrons. The lowest BCUT2D eigenvalue weighted by Gasteiger charge is -2.08. The van der Waals surface area contributed by atoms with Gasteiger partial charge in [-0.3, -0.25) is 4.68 Å². The number of hydrogen-bond donors (Lipinski definition) is 0. The van der Waals surface area contributed by atoms with Gasteiger partial charge in [-0.2, -0.15) is 10.2 Å². The Hall–Kier alpha value is -3.35. The van der Waals surface area contributed by atoms with Crippen LogP contribution >= 0.6 is 0 Å². The maximum atomic E-state index is 11.9. The Morgan fingerprint density at radius 3 is 2.76 bits per heavy atom. The summed E-state index contributed by atoms with van der Waals surface area (Å²) in [7, 11) is 0. The van der Waals surface area contributed by atoms with Gasteiger partial charge in [-0.15, -0.1) is 0 Å². The van der Waals surface area contributed by atoms with E-state index in [1.54, 1.807) is 13.0 Å². The number of fused-ring (bicyclic) bond motifs is 1. The highest BCUT2D eigenvalue weighted by molar-refractivity contribution is 5.91. The highest BCUT2D eigenvalue weighted by Gasteiger charge is 2.19. The van der Waals surface area contributed by atoms with Gasteiger partial charge in [-0.25, -0.2) is 9.31 Å². The molecule has 0 bridgehead atoms. The van der Waals surface area contributed by atoms with Gasteiger partial charge in [0, 0.05) is 34.6 Å². The van der Waals surface area contributed by atoms with E-state index in [9.17, 15) is 4.79 Å². The molecule has 4 aromatic heterocycles. The summed E-state index contributed by atoms with van der Waals surface area (Å²) < 4.78 is 14.5. The Morgan fingerprint density at radius 2 is 2.07 bits per heavy atom. The number of pyridine rings is 1. The van der Waals surface area contributed by atoms with Crippen molar-refractivity contribution >= 4 is 11.5 Å². The molecule has 0 aromatic carbocycles. The Balaban J connectivity index is 1.80. The van der Waals surface area contributed by atoms with Gasteiger partial charge < -0.3 is 9.15 Å². The minimum absolute atomic E-state index is 0.282. The van der Waals surface area contributed by atoms with E-state index in [4.69, 9.17) is 14.3 Å². The van der Waals surface area contributed by atoms with Crippen LogP contribution in [-0.2, 0) is 4.74 Å². The number of ether oxygens (including phenoxy) is 1. The van der Waals surface area contributed by atoms with Crippen molar-refractivity contribution in [2.24, 2.45) is 0 Å². The van der Waals surface area contributed by atoms with Gasteiger partial charge in [-0.05, 0) is 52.8 Å². The Bertz CT molecular complexity index is 1200. The Labute approximate surface area is 168 Å². The summed E-state index contributed by atoms with van der Waals surface area (Å²) in [6, 6.07) is 5.91. The van der Waals surface area contributed by atoms with E-state index in [0.717, 1.165) is 33.6 Å². The topological polar surface area (TPSA) is 74.6 Å². The second kappa shape index (κ2) is 7.24. The summed E-state index contributed by atoms with van der Waals surface area (Å²) in [4.78, 5) is 11.9. The van der Waals surface area contributed by atoms with Gasteiger partial charge in [0.25, 0.3) is 0 Å².